The van der Waals surface area contributed by atoms with E-state index in [9.17, 15) is 25.2 Å². The van der Waals surface area contributed by atoms with Crippen molar-refractivity contribution in [2.75, 3.05) is 58.3 Å². The number of aromatic hydroxyl groups is 1. The third-order valence-electron chi connectivity index (χ3n) is 9.53. The first-order chi connectivity index (χ1) is 23.7. The molecule has 0 spiro atoms. The lowest BCUT2D eigenvalue weighted by molar-refractivity contribution is -0.249. The quantitative estimate of drug-likeness (QED) is 0.134. The number of benzene rings is 3. The molecule has 49 heavy (non-hydrogen) atoms. The van der Waals surface area contributed by atoms with Gasteiger partial charge in [-0.05, 0) is 42.8 Å². The Bertz CT molecular complexity index is 1810. The number of hydrogen-bond donors (Lipinski definition) is 5. The first kappa shape index (κ1) is 33.4. The number of ether oxygens (including phenoxy) is 1. The van der Waals surface area contributed by atoms with Crippen LogP contribution in [0.1, 0.15) is 11.1 Å². The van der Waals surface area contributed by atoms with E-state index in [-0.39, 0.29) is 11.8 Å². The summed E-state index contributed by atoms with van der Waals surface area (Å²) < 4.78 is 17.4. The molecule has 14 heteroatoms. The topological polar surface area (TPSA) is 164 Å². The molecule has 3 aliphatic heterocycles. The maximum Gasteiger partial charge on any atom is 0.496 e. The number of aliphatic hydroxyl groups excluding tert-OH is 3. The summed E-state index contributed by atoms with van der Waals surface area (Å²) in [6, 6.07) is 22.4. The highest BCUT2D eigenvalue weighted by atomic mass is 16.8. The van der Waals surface area contributed by atoms with Crippen LogP contribution in [0.3, 0.4) is 0 Å². The second-order valence-electron chi connectivity index (χ2n) is 12.8. The summed E-state index contributed by atoms with van der Waals surface area (Å²) in [5, 5.41) is 42.3. The summed E-state index contributed by atoms with van der Waals surface area (Å²) in [6.45, 7) is 3.52. The number of aromatic amines is 1. The van der Waals surface area contributed by atoms with Gasteiger partial charge in [-0.2, -0.15) is 0 Å². The summed E-state index contributed by atoms with van der Waals surface area (Å²) >= 11 is 0. The van der Waals surface area contributed by atoms with Crippen molar-refractivity contribution < 1.29 is 39.3 Å². The van der Waals surface area contributed by atoms with Crippen LogP contribution in [-0.4, -0.2) is 138 Å². The summed E-state index contributed by atoms with van der Waals surface area (Å²) in [5.41, 5.74) is 4.44. The van der Waals surface area contributed by atoms with E-state index < -0.39 is 44.4 Å². The summed E-state index contributed by atoms with van der Waals surface area (Å²) in [5.74, 6) is -0.0492. The third-order valence-corrected chi connectivity index (χ3v) is 9.53. The van der Waals surface area contributed by atoms with E-state index in [0.29, 0.717) is 39.9 Å². The number of likely N-dealkylation sites (N-methyl/N-ethyl adjacent to an activating group) is 2. The van der Waals surface area contributed by atoms with Crippen molar-refractivity contribution in [2.45, 2.75) is 30.7 Å². The maximum atomic E-state index is 13.0. The van der Waals surface area contributed by atoms with Crippen LogP contribution in [0.2, 0.25) is 0 Å². The van der Waals surface area contributed by atoms with Crippen LogP contribution in [0.5, 0.6) is 5.88 Å². The zero-order valence-corrected chi connectivity index (χ0v) is 27.3. The van der Waals surface area contributed by atoms with Crippen molar-refractivity contribution in [3.63, 3.8) is 0 Å². The van der Waals surface area contributed by atoms with Gasteiger partial charge in [-0.15, -0.1) is 0 Å². The molecule has 0 aliphatic carbocycles. The smallest absolute Gasteiger partial charge is 0.494 e. The molecular weight excluding hydrogens is 629 g/mol. The van der Waals surface area contributed by atoms with Crippen molar-refractivity contribution in [3.8, 4) is 5.88 Å². The summed E-state index contributed by atoms with van der Waals surface area (Å²) in [6.07, 6.45) is -5.52. The number of hydrogen-bond acceptors (Lipinski definition) is 11. The first-order valence-corrected chi connectivity index (χ1v) is 16.4. The van der Waals surface area contributed by atoms with Gasteiger partial charge in [-0.25, -0.2) is 4.99 Å². The number of aromatic nitrogens is 1. The number of rotatable bonds is 8. The van der Waals surface area contributed by atoms with E-state index >= 15 is 0 Å². The number of anilines is 1. The van der Waals surface area contributed by atoms with Gasteiger partial charge in [0.1, 0.15) is 24.4 Å². The zero-order chi connectivity index (χ0) is 34.2. The molecule has 3 fully saturated rings. The number of carbonyl (C=O) groups is 1. The van der Waals surface area contributed by atoms with Crippen molar-refractivity contribution in [2.24, 2.45) is 4.99 Å². The molecule has 0 unspecified atom stereocenters. The number of aliphatic hydroxyl groups is 3. The molecule has 1 amide bonds. The Morgan fingerprint density at radius 3 is 2.45 bits per heavy atom. The molecule has 256 valence electrons. The highest BCUT2D eigenvalue weighted by Crippen LogP contribution is 2.33. The normalized spacial score (nSPS) is 25.1. The molecule has 0 bridgehead atoms. The molecule has 13 nitrogen and oxygen atoms in total. The van der Waals surface area contributed by atoms with Crippen LogP contribution in [0.15, 0.2) is 77.8 Å². The highest BCUT2D eigenvalue weighted by Gasteiger charge is 2.53. The van der Waals surface area contributed by atoms with Crippen molar-refractivity contribution in [1.82, 2.24) is 14.8 Å². The molecule has 4 aromatic rings. The molecule has 1 aromatic heterocycles. The fraction of sp³-hybridized carbons (Fsp3) is 0.371. The van der Waals surface area contributed by atoms with Crippen LogP contribution < -0.4 is 10.4 Å². The average molecular weight is 670 g/mol. The molecule has 4 heterocycles. The first-order valence-electron chi connectivity index (χ1n) is 16.4. The number of aliphatic imine (C=N–C) groups is 1. The lowest BCUT2D eigenvalue weighted by atomic mass is 9.79. The number of H-pyrrole nitrogens is 1. The fourth-order valence-corrected chi connectivity index (χ4v) is 6.54. The van der Waals surface area contributed by atoms with Crippen LogP contribution >= 0.6 is 0 Å². The minimum atomic E-state index is -1.32. The summed E-state index contributed by atoms with van der Waals surface area (Å²) in [7, 11) is 2.96. The van der Waals surface area contributed by atoms with Crippen molar-refractivity contribution in [3.05, 3.63) is 83.9 Å². The largest absolute Gasteiger partial charge is 0.496 e. The Labute approximate surface area is 284 Å². The summed E-state index contributed by atoms with van der Waals surface area (Å²) in [4.78, 5) is 27.2. The lowest BCUT2D eigenvalue weighted by Crippen LogP contribution is -2.57. The van der Waals surface area contributed by atoms with Gasteiger partial charge < -0.3 is 49.3 Å². The van der Waals surface area contributed by atoms with Crippen LogP contribution in [0.25, 0.3) is 10.9 Å². The SMILES string of the molecule is CN1CCN(CC(=O)N(C)c2ccc(N=C(c3ccccc3)c3c(O)[nH]c4cc(B5O[C@@H]6O[C@H](CO)[C@@H](O)[C@H](O)[C@@H]6O5)ccc34)cc2)CC1. The van der Waals surface area contributed by atoms with Gasteiger partial charge in [0.05, 0.1) is 30.1 Å². The number of fused-ring (bicyclic) bond motifs is 2. The predicted octanol–water partition coefficient (Wildman–Crippen LogP) is 0.802. The van der Waals surface area contributed by atoms with Gasteiger partial charge in [-0.3, -0.25) is 9.69 Å². The number of piperazine rings is 1. The van der Waals surface area contributed by atoms with Crippen LogP contribution in [0, 0.1) is 0 Å². The van der Waals surface area contributed by atoms with Crippen LogP contribution in [-0.2, 0) is 18.8 Å². The molecule has 0 radical (unpaired) electrons. The van der Waals surface area contributed by atoms with E-state index in [1.54, 1.807) is 24.1 Å². The van der Waals surface area contributed by atoms with Crippen molar-refractivity contribution in [1.29, 1.82) is 0 Å². The number of nitrogens with one attached hydrogen (secondary N) is 1. The Balaban J connectivity index is 1.14. The molecule has 7 rings (SSSR count). The molecule has 3 aromatic carbocycles. The van der Waals surface area contributed by atoms with E-state index in [2.05, 4.69) is 21.8 Å². The minimum Gasteiger partial charge on any atom is -0.494 e. The average Bonchev–Trinajstić information content (AvgIpc) is 3.70. The van der Waals surface area contributed by atoms with Gasteiger partial charge in [0, 0.05) is 55.4 Å². The number of amides is 1. The molecular formula is C35H40BN5O8. The zero-order valence-electron chi connectivity index (χ0n) is 27.3. The van der Waals surface area contributed by atoms with Gasteiger partial charge in [-0.1, -0.05) is 42.5 Å². The van der Waals surface area contributed by atoms with Gasteiger partial charge >= 0.3 is 7.12 Å². The van der Waals surface area contributed by atoms with Crippen molar-refractivity contribution >= 4 is 46.5 Å². The molecule has 3 aliphatic rings. The Kier molecular flexibility index (Phi) is 9.55. The molecule has 0 saturated carbocycles. The van der Waals surface area contributed by atoms with Gasteiger partial charge in [0.25, 0.3) is 0 Å². The Hall–Kier alpha value is -4.12. The second kappa shape index (κ2) is 14.0. The maximum absolute atomic E-state index is 13.0. The van der Waals surface area contributed by atoms with E-state index in [1.165, 1.54) is 0 Å². The minimum absolute atomic E-state index is 0.0247. The predicted molar refractivity (Wildman–Crippen MR) is 185 cm³/mol. The molecule has 5 atom stereocenters. The third kappa shape index (κ3) is 6.74. The fourth-order valence-electron chi connectivity index (χ4n) is 6.54. The number of carbonyl (C=O) groups excluding carboxylic acids is 1. The van der Waals surface area contributed by atoms with Gasteiger partial charge in [0.2, 0.25) is 5.91 Å². The highest BCUT2D eigenvalue weighted by molar-refractivity contribution is 6.62. The standard InChI is InChI=1S/C35H40BN5O8/c1-39-14-16-41(17-15-39)19-28(43)40(2)24-11-9-23(10-12-24)37-30(21-6-4-3-5-7-21)29-25-13-8-22(18-26(25)38-34(29)46)36-48-33-32(45)31(44)27(20-42)47-35(33)49-36/h3-13,18,27,31-33,35,38,42,44-46H,14-17,19-20H2,1-2H3/t27-,31-,32+,33+,35+/m1/s1. The lowest BCUT2D eigenvalue weighted by Gasteiger charge is -2.37. The Morgan fingerprint density at radius 1 is 1.00 bits per heavy atom. The number of nitrogens with zero attached hydrogens (tertiary/aromatic N) is 4. The molecule has 3 saturated heterocycles. The second-order valence-corrected chi connectivity index (χ2v) is 12.8. The van der Waals surface area contributed by atoms with Gasteiger partial charge in [0.15, 0.2) is 12.2 Å². The van der Waals surface area contributed by atoms with E-state index in [4.69, 9.17) is 19.0 Å². The monoisotopic (exact) mass is 669 g/mol. The molecule has 5 N–H and O–H groups in total. The van der Waals surface area contributed by atoms with E-state index in [0.717, 1.165) is 37.4 Å². The van der Waals surface area contributed by atoms with Crippen LogP contribution in [0.4, 0.5) is 11.4 Å². The Morgan fingerprint density at radius 2 is 1.73 bits per heavy atom. The van der Waals surface area contributed by atoms with E-state index in [1.807, 2.05) is 60.7 Å².